The van der Waals surface area contributed by atoms with Crippen molar-refractivity contribution in [1.82, 2.24) is 4.90 Å². The Kier molecular flexibility index (Phi) is 8.06. The molecule has 0 saturated carbocycles. The van der Waals surface area contributed by atoms with E-state index in [4.69, 9.17) is 0 Å². The largest absolute Gasteiger partial charge is 0.391 e. The van der Waals surface area contributed by atoms with E-state index in [0.29, 0.717) is 0 Å². The van der Waals surface area contributed by atoms with Crippen LogP contribution in [-0.2, 0) is 0 Å². The van der Waals surface area contributed by atoms with Crippen molar-refractivity contribution in [3.8, 4) is 0 Å². The summed E-state index contributed by atoms with van der Waals surface area (Å²) in [6, 6.07) is 0. The van der Waals surface area contributed by atoms with Gasteiger partial charge in [0, 0.05) is 5.54 Å². The molecule has 0 saturated heterocycles. The second-order valence-electron chi connectivity index (χ2n) is 5.72. The Hall–Kier alpha value is -0.0800. The van der Waals surface area contributed by atoms with Gasteiger partial charge in [0.2, 0.25) is 0 Å². The number of aliphatic hydroxyl groups excluding tert-OH is 1. The molecule has 17 heavy (non-hydrogen) atoms. The van der Waals surface area contributed by atoms with Gasteiger partial charge in [0.05, 0.1) is 6.10 Å². The molecule has 0 radical (unpaired) electrons. The summed E-state index contributed by atoms with van der Waals surface area (Å²) in [5.74, 6) is 0.739. The monoisotopic (exact) mass is 243 g/mol. The van der Waals surface area contributed by atoms with Crippen molar-refractivity contribution in [2.45, 2.75) is 78.9 Å². The van der Waals surface area contributed by atoms with Gasteiger partial charge in [0.15, 0.2) is 0 Å². The lowest BCUT2D eigenvalue weighted by molar-refractivity contribution is -0.0250. The van der Waals surface area contributed by atoms with Crippen molar-refractivity contribution < 1.29 is 5.11 Å². The van der Waals surface area contributed by atoms with Crippen LogP contribution in [0.1, 0.15) is 67.2 Å². The van der Waals surface area contributed by atoms with Crippen LogP contribution in [0.5, 0.6) is 0 Å². The van der Waals surface area contributed by atoms with E-state index < -0.39 is 0 Å². The first-order chi connectivity index (χ1) is 7.92. The molecule has 0 rings (SSSR count). The summed E-state index contributed by atoms with van der Waals surface area (Å²) in [5.41, 5.74) is -0.0551. The van der Waals surface area contributed by atoms with Gasteiger partial charge in [-0.3, -0.25) is 4.90 Å². The number of aliphatic hydroxyl groups is 1. The van der Waals surface area contributed by atoms with Crippen LogP contribution < -0.4 is 0 Å². The van der Waals surface area contributed by atoms with Crippen molar-refractivity contribution in [3.63, 3.8) is 0 Å². The van der Waals surface area contributed by atoms with Crippen molar-refractivity contribution in [1.29, 1.82) is 0 Å². The van der Waals surface area contributed by atoms with Crippen molar-refractivity contribution >= 4 is 0 Å². The van der Waals surface area contributed by atoms with Crippen LogP contribution in [0.2, 0.25) is 0 Å². The van der Waals surface area contributed by atoms with E-state index in [1.165, 1.54) is 6.42 Å². The van der Waals surface area contributed by atoms with Crippen LogP contribution in [0.15, 0.2) is 0 Å². The maximum Gasteiger partial charge on any atom is 0.0721 e. The van der Waals surface area contributed by atoms with Gasteiger partial charge in [-0.1, -0.05) is 47.5 Å². The lowest BCUT2D eigenvalue weighted by Crippen LogP contribution is -2.54. The van der Waals surface area contributed by atoms with Gasteiger partial charge in [0.1, 0.15) is 0 Å². The molecule has 0 spiro atoms. The van der Waals surface area contributed by atoms with E-state index in [-0.39, 0.29) is 11.6 Å². The molecule has 0 fully saturated rings. The smallest absolute Gasteiger partial charge is 0.0721 e. The van der Waals surface area contributed by atoms with Gasteiger partial charge in [-0.25, -0.2) is 0 Å². The summed E-state index contributed by atoms with van der Waals surface area (Å²) >= 11 is 0. The van der Waals surface area contributed by atoms with Gasteiger partial charge in [0.25, 0.3) is 0 Å². The fourth-order valence-corrected chi connectivity index (χ4v) is 2.65. The standard InChI is InChI=1S/C15H33NO/c1-7-15(6,16(8-2)9-3)14(17)12-10-11-13(4)5/h13-14,17H,7-12H2,1-6H3. The van der Waals surface area contributed by atoms with Crippen LogP contribution >= 0.6 is 0 Å². The molecule has 0 amide bonds. The average Bonchev–Trinajstić information content (AvgIpc) is 2.29. The molecule has 2 unspecified atom stereocenters. The number of likely N-dealkylation sites (N-methyl/N-ethyl adjacent to an activating group) is 1. The molecule has 0 aliphatic heterocycles. The average molecular weight is 243 g/mol. The van der Waals surface area contributed by atoms with Gasteiger partial charge in [-0.2, -0.15) is 0 Å². The van der Waals surface area contributed by atoms with Gasteiger partial charge >= 0.3 is 0 Å². The fourth-order valence-electron chi connectivity index (χ4n) is 2.65. The number of nitrogens with zero attached hydrogens (tertiary/aromatic N) is 1. The van der Waals surface area contributed by atoms with E-state index in [1.807, 2.05) is 0 Å². The minimum absolute atomic E-state index is 0.0551. The molecule has 1 N–H and O–H groups in total. The summed E-state index contributed by atoms with van der Waals surface area (Å²) in [5, 5.41) is 10.5. The molecule has 0 bridgehead atoms. The Morgan fingerprint density at radius 2 is 1.59 bits per heavy atom. The van der Waals surface area contributed by atoms with Crippen LogP contribution in [0.3, 0.4) is 0 Å². The highest BCUT2D eigenvalue weighted by Gasteiger charge is 2.35. The topological polar surface area (TPSA) is 23.5 Å². The molecule has 0 heterocycles. The minimum atomic E-state index is -0.203. The van der Waals surface area contributed by atoms with Crippen molar-refractivity contribution in [2.75, 3.05) is 13.1 Å². The second-order valence-corrected chi connectivity index (χ2v) is 5.72. The Balaban J connectivity index is 4.40. The zero-order chi connectivity index (χ0) is 13.5. The van der Waals surface area contributed by atoms with E-state index >= 15 is 0 Å². The second kappa shape index (κ2) is 8.10. The first kappa shape index (κ1) is 16.9. The summed E-state index contributed by atoms with van der Waals surface area (Å²) < 4.78 is 0. The zero-order valence-corrected chi connectivity index (χ0v) is 12.8. The molecule has 2 heteroatoms. The lowest BCUT2D eigenvalue weighted by Gasteiger charge is -2.43. The predicted octanol–water partition coefficient (Wildman–Crippen LogP) is 3.68. The molecule has 2 nitrogen and oxygen atoms in total. The van der Waals surface area contributed by atoms with E-state index in [0.717, 1.165) is 38.3 Å². The van der Waals surface area contributed by atoms with Crippen LogP contribution in [0.25, 0.3) is 0 Å². The molecule has 104 valence electrons. The number of rotatable bonds is 9. The fraction of sp³-hybridized carbons (Fsp3) is 1.00. The van der Waals surface area contributed by atoms with Crippen LogP contribution in [-0.4, -0.2) is 34.7 Å². The summed E-state index contributed by atoms with van der Waals surface area (Å²) in [7, 11) is 0. The third kappa shape index (κ3) is 4.97. The van der Waals surface area contributed by atoms with Gasteiger partial charge in [-0.15, -0.1) is 0 Å². The van der Waals surface area contributed by atoms with E-state index in [2.05, 4.69) is 46.4 Å². The van der Waals surface area contributed by atoms with E-state index in [9.17, 15) is 5.11 Å². The van der Waals surface area contributed by atoms with Gasteiger partial charge in [-0.05, 0) is 38.8 Å². The Morgan fingerprint density at radius 1 is 1.06 bits per heavy atom. The molecule has 0 aromatic heterocycles. The van der Waals surface area contributed by atoms with Crippen molar-refractivity contribution in [3.05, 3.63) is 0 Å². The molecule has 0 aromatic carbocycles. The normalized spacial score (nSPS) is 17.5. The SMILES string of the molecule is CCN(CC)C(C)(CC)C(O)CCCC(C)C. The Bertz CT molecular complexity index is 189. The highest BCUT2D eigenvalue weighted by molar-refractivity contribution is 4.91. The van der Waals surface area contributed by atoms with Crippen LogP contribution in [0, 0.1) is 5.92 Å². The lowest BCUT2D eigenvalue weighted by atomic mass is 9.86. The maximum atomic E-state index is 10.5. The molecule has 0 aliphatic rings. The maximum absolute atomic E-state index is 10.5. The highest BCUT2D eigenvalue weighted by atomic mass is 16.3. The number of hydrogen-bond acceptors (Lipinski definition) is 2. The molecule has 0 aromatic rings. The molecular weight excluding hydrogens is 210 g/mol. The first-order valence-corrected chi connectivity index (χ1v) is 7.35. The highest BCUT2D eigenvalue weighted by Crippen LogP contribution is 2.27. The summed E-state index contributed by atoms with van der Waals surface area (Å²) in [6.45, 7) is 15.3. The zero-order valence-electron chi connectivity index (χ0n) is 12.8. The number of hydrogen-bond donors (Lipinski definition) is 1. The predicted molar refractivity (Wildman–Crippen MR) is 76.3 cm³/mol. The molecule has 0 aliphatic carbocycles. The third-order valence-corrected chi connectivity index (χ3v) is 4.18. The minimum Gasteiger partial charge on any atom is -0.391 e. The summed E-state index contributed by atoms with van der Waals surface area (Å²) in [4.78, 5) is 2.40. The van der Waals surface area contributed by atoms with Gasteiger partial charge < -0.3 is 5.11 Å². The molecule has 2 atom stereocenters. The first-order valence-electron chi connectivity index (χ1n) is 7.35. The Morgan fingerprint density at radius 3 is 1.94 bits per heavy atom. The third-order valence-electron chi connectivity index (χ3n) is 4.18. The Labute approximate surface area is 108 Å². The van der Waals surface area contributed by atoms with Crippen LogP contribution in [0.4, 0.5) is 0 Å². The van der Waals surface area contributed by atoms with E-state index in [1.54, 1.807) is 0 Å². The molecular formula is C15H33NO. The summed E-state index contributed by atoms with van der Waals surface area (Å²) in [6.07, 6.45) is 4.09. The quantitative estimate of drug-likeness (QED) is 0.667. The van der Waals surface area contributed by atoms with Crippen molar-refractivity contribution in [2.24, 2.45) is 5.92 Å².